The van der Waals surface area contributed by atoms with Crippen molar-refractivity contribution >= 4 is 23.6 Å². The highest BCUT2D eigenvalue weighted by Crippen LogP contribution is 2.28. The lowest BCUT2D eigenvalue weighted by atomic mass is 10.2. The Morgan fingerprint density at radius 3 is 2.62 bits per heavy atom. The smallest absolute Gasteiger partial charge is 0.269 e. The number of nitrogens with one attached hydrogen (secondary N) is 2. The van der Waals surface area contributed by atoms with Gasteiger partial charge in [-0.2, -0.15) is 0 Å². The topological polar surface area (TPSA) is 76.7 Å². The Kier molecular flexibility index (Phi) is 9.37. The molecule has 0 fully saturated rings. The molecule has 0 saturated heterocycles. The molecule has 156 valence electrons. The van der Waals surface area contributed by atoms with Gasteiger partial charge in [-0.1, -0.05) is 43.2 Å². The molecule has 0 atom stereocenters. The predicted molar refractivity (Wildman–Crippen MR) is 116 cm³/mol. The number of thioether (sulfide) groups is 1. The van der Waals surface area contributed by atoms with Crippen molar-refractivity contribution in [1.82, 2.24) is 10.9 Å². The average Bonchev–Trinajstić information content (AvgIpc) is 2.72. The second-order valence-corrected chi connectivity index (χ2v) is 7.54. The maximum absolute atomic E-state index is 12.3. The van der Waals surface area contributed by atoms with E-state index < -0.39 is 5.91 Å². The van der Waals surface area contributed by atoms with Gasteiger partial charge in [0.25, 0.3) is 5.91 Å². The van der Waals surface area contributed by atoms with Crippen LogP contribution >= 0.6 is 11.8 Å². The van der Waals surface area contributed by atoms with E-state index in [1.54, 1.807) is 18.2 Å². The zero-order valence-corrected chi connectivity index (χ0v) is 17.9. The van der Waals surface area contributed by atoms with Gasteiger partial charge < -0.3 is 9.47 Å². The molecule has 2 amide bonds. The minimum Gasteiger partial charge on any atom is -0.493 e. The van der Waals surface area contributed by atoms with E-state index in [-0.39, 0.29) is 11.7 Å². The molecule has 0 saturated carbocycles. The fraction of sp³-hybridized carbons (Fsp3) is 0.364. The summed E-state index contributed by atoms with van der Waals surface area (Å²) in [6.07, 6.45) is 1.98. The summed E-state index contributed by atoms with van der Waals surface area (Å²) < 4.78 is 11.0. The number of amides is 2. The van der Waals surface area contributed by atoms with Gasteiger partial charge in [0, 0.05) is 11.3 Å². The Hall–Kier alpha value is -2.67. The lowest BCUT2D eigenvalue weighted by Crippen LogP contribution is -2.42. The second-order valence-electron chi connectivity index (χ2n) is 6.55. The number of ether oxygens (including phenoxy) is 2. The van der Waals surface area contributed by atoms with Gasteiger partial charge in [-0.3, -0.25) is 20.4 Å². The third-order valence-electron chi connectivity index (χ3n) is 4.08. The molecular weight excluding hydrogens is 388 g/mol. The van der Waals surface area contributed by atoms with Crippen molar-refractivity contribution in [2.75, 3.05) is 19.5 Å². The molecule has 0 aliphatic carbocycles. The van der Waals surface area contributed by atoms with Crippen molar-refractivity contribution in [3.63, 3.8) is 0 Å². The van der Waals surface area contributed by atoms with Gasteiger partial charge in [-0.05, 0) is 37.1 Å². The Labute approximate surface area is 176 Å². The molecule has 0 bridgehead atoms. The molecule has 2 N–H and O–H groups in total. The van der Waals surface area contributed by atoms with Crippen molar-refractivity contribution in [3.05, 3.63) is 59.2 Å². The molecule has 6 nitrogen and oxygen atoms in total. The van der Waals surface area contributed by atoms with Gasteiger partial charge in [0.05, 0.1) is 19.5 Å². The first-order chi connectivity index (χ1) is 14.0. The summed E-state index contributed by atoms with van der Waals surface area (Å²) in [7, 11) is 1.52. The number of hydrogen-bond acceptors (Lipinski definition) is 5. The van der Waals surface area contributed by atoms with Crippen LogP contribution in [0.15, 0.2) is 42.5 Å². The summed E-state index contributed by atoms with van der Waals surface area (Å²) in [6, 6.07) is 13.1. The normalized spacial score (nSPS) is 10.3. The van der Waals surface area contributed by atoms with Crippen molar-refractivity contribution in [1.29, 1.82) is 0 Å². The second kappa shape index (κ2) is 12.0. The summed E-state index contributed by atoms with van der Waals surface area (Å²) in [5.74, 6) is 1.38. The molecule has 0 aliphatic rings. The monoisotopic (exact) mass is 416 g/mol. The molecule has 2 aromatic carbocycles. The summed E-state index contributed by atoms with van der Waals surface area (Å²) >= 11 is 1.49. The van der Waals surface area contributed by atoms with Crippen LogP contribution in [0.1, 0.15) is 41.3 Å². The maximum Gasteiger partial charge on any atom is 0.269 e. The highest BCUT2D eigenvalue weighted by molar-refractivity contribution is 7.99. The molecule has 0 unspecified atom stereocenters. The van der Waals surface area contributed by atoms with E-state index in [2.05, 4.69) is 23.8 Å². The van der Waals surface area contributed by atoms with Crippen molar-refractivity contribution < 1.29 is 19.1 Å². The van der Waals surface area contributed by atoms with Crippen LogP contribution in [0.2, 0.25) is 0 Å². The van der Waals surface area contributed by atoms with Gasteiger partial charge in [-0.15, -0.1) is 11.8 Å². The van der Waals surface area contributed by atoms with Gasteiger partial charge in [-0.25, -0.2) is 0 Å². The molecule has 0 aliphatic heterocycles. The molecule has 29 heavy (non-hydrogen) atoms. The lowest BCUT2D eigenvalue weighted by Gasteiger charge is -2.12. The Balaban J connectivity index is 1.79. The molecule has 0 aromatic heterocycles. The molecule has 0 radical (unpaired) electrons. The van der Waals surface area contributed by atoms with Crippen LogP contribution in [-0.2, 0) is 10.5 Å². The molecular formula is C22H28N2O4S. The molecule has 7 heteroatoms. The first kappa shape index (κ1) is 22.6. The first-order valence-corrected chi connectivity index (χ1v) is 10.7. The number of unbranched alkanes of at least 4 members (excludes halogenated alkanes) is 1. The van der Waals surface area contributed by atoms with E-state index in [1.807, 2.05) is 25.1 Å². The predicted octanol–water partition coefficient (Wildman–Crippen LogP) is 3.88. The highest BCUT2D eigenvalue weighted by Gasteiger charge is 2.12. The summed E-state index contributed by atoms with van der Waals surface area (Å²) in [5, 5.41) is 0. The molecule has 2 rings (SSSR count). The first-order valence-electron chi connectivity index (χ1n) is 9.56. The van der Waals surface area contributed by atoms with Gasteiger partial charge in [0.2, 0.25) is 5.91 Å². The van der Waals surface area contributed by atoms with Gasteiger partial charge in [0.1, 0.15) is 0 Å². The highest BCUT2D eigenvalue weighted by atomic mass is 32.2. The van der Waals surface area contributed by atoms with Crippen LogP contribution in [0, 0.1) is 6.92 Å². The van der Waals surface area contributed by atoms with Crippen LogP contribution in [0.3, 0.4) is 0 Å². The third-order valence-corrected chi connectivity index (χ3v) is 5.08. The number of methoxy groups -OCH3 is 1. The Morgan fingerprint density at radius 2 is 1.90 bits per heavy atom. The lowest BCUT2D eigenvalue weighted by molar-refractivity contribution is -0.119. The summed E-state index contributed by atoms with van der Waals surface area (Å²) in [6.45, 7) is 4.72. The van der Waals surface area contributed by atoms with Crippen LogP contribution in [-0.4, -0.2) is 31.3 Å². The summed E-state index contributed by atoms with van der Waals surface area (Å²) in [4.78, 5) is 24.3. The Bertz CT molecular complexity index is 826. The van der Waals surface area contributed by atoms with Crippen LogP contribution in [0.25, 0.3) is 0 Å². The fourth-order valence-electron chi connectivity index (χ4n) is 2.55. The summed E-state index contributed by atoms with van der Waals surface area (Å²) in [5.41, 5.74) is 7.60. The van der Waals surface area contributed by atoms with Crippen molar-refractivity contribution in [2.24, 2.45) is 0 Å². The number of hydrazine groups is 1. The third kappa shape index (κ3) is 7.69. The zero-order chi connectivity index (χ0) is 21.1. The Morgan fingerprint density at radius 1 is 1.07 bits per heavy atom. The number of carbonyl (C=O) groups is 2. The number of hydrogen-bond donors (Lipinski definition) is 2. The maximum atomic E-state index is 12.3. The van der Waals surface area contributed by atoms with E-state index in [4.69, 9.17) is 9.47 Å². The van der Waals surface area contributed by atoms with E-state index in [0.717, 1.165) is 18.6 Å². The average molecular weight is 417 g/mol. The zero-order valence-electron chi connectivity index (χ0n) is 17.1. The SMILES string of the molecule is CCCCOc1ccc(C(=O)NNC(=O)CSCc2cccc(C)c2)cc1OC. The van der Waals surface area contributed by atoms with Crippen molar-refractivity contribution in [3.8, 4) is 11.5 Å². The van der Waals surface area contributed by atoms with E-state index in [9.17, 15) is 9.59 Å². The van der Waals surface area contributed by atoms with Crippen LogP contribution < -0.4 is 20.3 Å². The van der Waals surface area contributed by atoms with Gasteiger partial charge >= 0.3 is 0 Å². The van der Waals surface area contributed by atoms with Crippen LogP contribution in [0.4, 0.5) is 0 Å². The van der Waals surface area contributed by atoms with E-state index >= 15 is 0 Å². The van der Waals surface area contributed by atoms with Crippen molar-refractivity contribution in [2.45, 2.75) is 32.4 Å². The van der Waals surface area contributed by atoms with Crippen LogP contribution in [0.5, 0.6) is 11.5 Å². The molecule has 2 aromatic rings. The minimum absolute atomic E-state index is 0.252. The quantitative estimate of drug-likeness (QED) is 0.454. The molecule has 0 heterocycles. The van der Waals surface area contributed by atoms with E-state index in [1.165, 1.54) is 30.0 Å². The molecule has 0 spiro atoms. The number of aryl methyl sites for hydroxylation is 1. The number of carbonyl (C=O) groups excluding carboxylic acids is 2. The standard InChI is InChI=1S/C22H28N2O4S/c1-4-5-11-28-19-10-9-18(13-20(19)27-3)22(26)24-23-21(25)15-29-14-17-8-6-7-16(2)12-17/h6-10,12-13H,4-5,11,14-15H2,1-3H3,(H,23,25)(H,24,26). The van der Waals surface area contributed by atoms with Gasteiger partial charge in [0.15, 0.2) is 11.5 Å². The van der Waals surface area contributed by atoms with E-state index in [0.29, 0.717) is 23.7 Å². The number of rotatable bonds is 10. The minimum atomic E-state index is -0.416. The largest absolute Gasteiger partial charge is 0.493 e. The number of benzene rings is 2. The fourth-order valence-corrected chi connectivity index (χ4v) is 3.33.